The number of carbonyl (C=O) groups is 1. The Hall–Kier alpha value is -0.570. The van der Waals surface area contributed by atoms with Crippen molar-refractivity contribution in [2.45, 2.75) is 77.9 Å². The van der Waals surface area contributed by atoms with E-state index in [-0.39, 0.29) is 17.6 Å². The van der Waals surface area contributed by atoms with Crippen molar-refractivity contribution in [2.75, 3.05) is 13.1 Å². The Morgan fingerprint density at radius 3 is 2.61 bits per heavy atom. The van der Waals surface area contributed by atoms with Gasteiger partial charge in [0.15, 0.2) is 0 Å². The zero-order valence-corrected chi connectivity index (χ0v) is 12.5. The smallest absolute Gasteiger partial charge is 0.323 e. The molecule has 3 nitrogen and oxygen atoms in total. The van der Waals surface area contributed by atoms with Crippen LogP contribution < -0.4 is 0 Å². The van der Waals surface area contributed by atoms with E-state index < -0.39 is 0 Å². The highest BCUT2D eigenvalue weighted by Crippen LogP contribution is 2.21. The van der Waals surface area contributed by atoms with Gasteiger partial charge in [-0.05, 0) is 53.1 Å². The highest BCUT2D eigenvalue weighted by atomic mass is 16.6. The summed E-state index contributed by atoms with van der Waals surface area (Å²) in [5, 5.41) is 0. The Balaban J connectivity index is 2.36. The van der Waals surface area contributed by atoms with Crippen molar-refractivity contribution in [3.8, 4) is 0 Å². The summed E-state index contributed by atoms with van der Waals surface area (Å²) in [6.45, 7) is 10.1. The van der Waals surface area contributed by atoms with Gasteiger partial charge in [-0.1, -0.05) is 26.2 Å². The monoisotopic (exact) mass is 255 g/mol. The molecule has 0 aromatic heterocycles. The van der Waals surface area contributed by atoms with Gasteiger partial charge in [-0.2, -0.15) is 0 Å². The Labute approximate surface area is 112 Å². The summed E-state index contributed by atoms with van der Waals surface area (Å²) in [7, 11) is 0. The molecular weight excluding hydrogens is 226 g/mol. The highest BCUT2D eigenvalue weighted by molar-refractivity contribution is 5.76. The zero-order valence-electron chi connectivity index (χ0n) is 12.5. The SMILES string of the molecule is CCCCCCN1CCC[C@@H]1C(=O)OC(C)(C)C. The Morgan fingerprint density at radius 1 is 1.28 bits per heavy atom. The zero-order chi connectivity index (χ0) is 13.6. The molecule has 0 aromatic carbocycles. The molecule has 0 aromatic rings. The van der Waals surface area contributed by atoms with E-state index in [0.717, 1.165) is 25.9 Å². The molecule has 1 fully saturated rings. The molecule has 0 aliphatic carbocycles. The van der Waals surface area contributed by atoms with Crippen LogP contribution in [-0.4, -0.2) is 35.6 Å². The van der Waals surface area contributed by atoms with Crippen LogP contribution in [0.3, 0.4) is 0 Å². The number of rotatable bonds is 6. The summed E-state index contributed by atoms with van der Waals surface area (Å²) in [6.07, 6.45) is 7.11. The average molecular weight is 255 g/mol. The van der Waals surface area contributed by atoms with Crippen LogP contribution in [0.1, 0.15) is 66.2 Å². The fourth-order valence-corrected chi connectivity index (χ4v) is 2.47. The van der Waals surface area contributed by atoms with Crippen LogP contribution in [0.5, 0.6) is 0 Å². The summed E-state index contributed by atoms with van der Waals surface area (Å²) < 4.78 is 5.50. The van der Waals surface area contributed by atoms with Crippen molar-refractivity contribution in [3.63, 3.8) is 0 Å². The molecule has 18 heavy (non-hydrogen) atoms. The van der Waals surface area contributed by atoms with Gasteiger partial charge in [0.25, 0.3) is 0 Å². The largest absolute Gasteiger partial charge is 0.459 e. The van der Waals surface area contributed by atoms with Gasteiger partial charge in [0.2, 0.25) is 0 Å². The minimum absolute atomic E-state index is 0.00542. The van der Waals surface area contributed by atoms with Crippen LogP contribution in [0.25, 0.3) is 0 Å². The van der Waals surface area contributed by atoms with E-state index in [2.05, 4.69) is 11.8 Å². The fraction of sp³-hybridized carbons (Fsp3) is 0.933. The first-order chi connectivity index (χ1) is 8.44. The van der Waals surface area contributed by atoms with E-state index >= 15 is 0 Å². The minimum atomic E-state index is -0.368. The van der Waals surface area contributed by atoms with Crippen molar-refractivity contribution in [1.29, 1.82) is 0 Å². The van der Waals surface area contributed by atoms with Crippen LogP contribution in [0.15, 0.2) is 0 Å². The van der Waals surface area contributed by atoms with Gasteiger partial charge in [0, 0.05) is 0 Å². The number of ether oxygens (including phenoxy) is 1. The number of carbonyl (C=O) groups excluding carboxylic acids is 1. The van der Waals surface area contributed by atoms with E-state index in [9.17, 15) is 4.79 Å². The molecule has 0 saturated carbocycles. The molecule has 1 rings (SSSR count). The van der Waals surface area contributed by atoms with Crippen molar-refractivity contribution < 1.29 is 9.53 Å². The van der Waals surface area contributed by atoms with Crippen LogP contribution in [0, 0.1) is 0 Å². The van der Waals surface area contributed by atoms with Crippen LogP contribution in [-0.2, 0) is 9.53 Å². The molecular formula is C15H29NO2. The van der Waals surface area contributed by atoms with E-state index in [1.807, 2.05) is 20.8 Å². The topological polar surface area (TPSA) is 29.5 Å². The molecule has 1 heterocycles. The fourth-order valence-electron chi connectivity index (χ4n) is 2.47. The molecule has 3 heteroatoms. The molecule has 0 amide bonds. The van der Waals surface area contributed by atoms with E-state index in [0.29, 0.717) is 0 Å². The number of nitrogens with zero attached hydrogens (tertiary/aromatic N) is 1. The molecule has 1 atom stereocenters. The van der Waals surface area contributed by atoms with Crippen molar-refractivity contribution in [3.05, 3.63) is 0 Å². The van der Waals surface area contributed by atoms with Crippen LogP contribution >= 0.6 is 0 Å². The van der Waals surface area contributed by atoms with Crippen molar-refractivity contribution in [1.82, 2.24) is 4.90 Å². The Bertz CT molecular complexity index is 258. The molecule has 0 bridgehead atoms. The van der Waals surface area contributed by atoms with Gasteiger partial charge in [-0.3, -0.25) is 9.69 Å². The standard InChI is InChI=1S/C15H29NO2/c1-5-6-7-8-11-16-12-9-10-13(16)14(17)18-15(2,3)4/h13H,5-12H2,1-4H3/t13-/m1/s1. The van der Waals surface area contributed by atoms with E-state index in [1.54, 1.807) is 0 Å². The van der Waals surface area contributed by atoms with E-state index in [1.165, 1.54) is 25.7 Å². The third-order valence-electron chi connectivity index (χ3n) is 3.34. The second-order valence-electron chi connectivity index (χ2n) is 6.29. The molecule has 0 radical (unpaired) electrons. The maximum atomic E-state index is 12.1. The molecule has 1 aliphatic heterocycles. The summed E-state index contributed by atoms with van der Waals surface area (Å²) in [6, 6.07) is 0.00542. The van der Waals surface area contributed by atoms with Crippen molar-refractivity contribution in [2.24, 2.45) is 0 Å². The summed E-state index contributed by atoms with van der Waals surface area (Å²) in [4.78, 5) is 14.4. The molecule has 1 saturated heterocycles. The molecule has 0 spiro atoms. The minimum Gasteiger partial charge on any atom is -0.459 e. The predicted molar refractivity (Wildman–Crippen MR) is 74.6 cm³/mol. The third kappa shape index (κ3) is 5.38. The van der Waals surface area contributed by atoms with Gasteiger partial charge in [0.05, 0.1) is 0 Å². The van der Waals surface area contributed by atoms with Gasteiger partial charge >= 0.3 is 5.97 Å². The second kappa shape index (κ2) is 7.13. The number of likely N-dealkylation sites (tertiary alicyclic amines) is 1. The predicted octanol–water partition coefficient (Wildman–Crippen LogP) is 3.37. The first-order valence-electron chi connectivity index (χ1n) is 7.41. The van der Waals surface area contributed by atoms with Gasteiger partial charge in [0.1, 0.15) is 11.6 Å². The van der Waals surface area contributed by atoms with Crippen LogP contribution in [0.4, 0.5) is 0 Å². The maximum Gasteiger partial charge on any atom is 0.323 e. The Morgan fingerprint density at radius 2 is 2.00 bits per heavy atom. The van der Waals surface area contributed by atoms with Gasteiger partial charge < -0.3 is 4.74 Å². The number of hydrogen-bond donors (Lipinski definition) is 0. The maximum absolute atomic E-state index is 12.1. The summed E-state index contributed by atoms with van der Waals surface area (Å²) in [5.41, 5.74) is -0.368. The van der Waals surface area contributed by atoms with Gasteiger partial charge in [-0.25, -0.2) is 0 Å². The summed E-state index contributed by atoms with van der Waals surface area (Å²) in [5.74, 6) is -0.0320. The molecule has 0 N–H and O–H groups in total. The summed E-state index contributed by atoms with van der Waals surface area (Å²) >= 11 is 0. The second-order valence-corrected chi connectivity index (χ2v) is 6.29. The van der Waals surface area contributed by atoms with Crippen molar-refractivity contribution >= 4 is 5.97 Å². The normalized spacial score (nSPS) is 21.2. The van der Waals surface area contributed by atoms with Gasteiger partial charge in [-0.15, -0.1) is 0 Å². The van der Waals surface area contributed by atoms with Crippen LogP contribution in [0.2, 0.25) is 0 Å². The lowest BCUT2D eigenvalue weighted by Crippen LogP contribution is -2.40. The lowest BCUT2D eigenvalue weighted by Gasteiger charge is -2.27. The highest BCUT2D eigenvalue weighted by Gasteiger charge is 2.33. The average Bonchev–Trinajstić information content (AvgIpc) is 2.70. The number of hydrogen-bond acceptors (Lipinski definition) is 3. The first-order valence-corrected chi connectivity index (χ1v) is 7.41. The number of esters is 1. The molecule has 0 unspecified atom stereocenters. The quantitative estimate of drug-likeness (QED) is 0.538. The van der Waals surface area contributed by atoms with E-state index in [4.69, 9.17) is 4.74 Å². The molecule has 106 valence electrons. The number of unbranched alkanes of at least 4 members (excludes halogenated alkanes) is 3. The third-order valence-corrected chi connectivity index (χ3v) is 3.34. The lowest BCUT2D eigenvalue weighted by molar-refractivity contribution is -0.160. The lowest BCUT2D eigenvalue weighted by atomic mass is 10.1. The first kappa shape index (κ1) is 15.5. The Kier molecular flexibility index (Phi) is 6.13. The molecule has 1 aliphatic rings.